The van der Waals surface area contributed by atoms with Gasteiger partial charge < -0.3 is 10.1 Å². The third kappa shape index (κ3) is 5.38. The number of benzene rings is 2. The summed E-state index contributed by atoms with van der Waals surface area (Å²) in [6, 6.07) is 6.67. The Morgan fingerprint density at radius 2 is 1.69 bits per heavy atom. The summed E-state index contributed by atoms with van der Waals surface area (Å²) in [5, 5.41) is 13.8. The Hall–Kier alpha value is -3.27. The summed E-state index contributed by atoms with van der Waals surface area (Å²) >= 11 is 0. The minimum atomic E-state index is -3.85. The zero-order valence-corrected chi connectivity index (χ0v) is 17.1. The zero-order valence-electron chi connectivity index (χ0n) is 16.3. The van der Waals surface area contributed by atoms with Gasteiger partial charge >= 0.3 is 5.97 Å². The number of ether oxygens (including phenoxy) is 1. The maximum atomic E-state index is 12.1. The average Bonchev–Trinajstić information content (AvgIpc) is 2.61. The van der Waals surface area contributed by atoms with Gasteiger partial charge in [-0.15, -0.1) is 0 Å². The number of carbonyl (C=O) groups is 2. The Bertz CT molecular complexity index is 1080. The molecule has 2 aromatic rings. The van der Waals surface area contributed by atoms with E-state index >= 15 is 0 Å². The average molecular weight is 420 g/mol. The number of esters is 1. The number of nitro benzene ring substituents is 1. The normalized spacial score (nSPS) is 11.0. The van der Waals surface area contributed by atoms with Crippen LogP contribution in [0, 0.1) is 30.9 Å². The Balaban J connectivity index is 2.12. The standard InChI is InChI=1S/C19H20N2O7S/c1-11-7-12(2)18(13(3)8-11)20-17(22)10-28-19(23)14-5-6-16(29(4,26)27)15(9-14)21(24)25/h5-9H,10H2,1-4H3,(H,20,22). The lowest BCUT2D eigenvalue weighted by atomic mass is 10.1. The predicted octanol–water partition coefficient (Wildman–Crippen LogP) is 2.72. The van der Waals surface area contributed by atoms with E-state index in [1.54, 1.807) is 0 Å². The molecule has 0 unspecified atom stereocenters. The fourth-order valence-corrected chi connectivity index (χ4v) is 3.70. The molecular weight excluding hydrogens is 400 g/mol. The van der Waals surface area contributed by atoms with Gasteiger partial charge in [-0.1, -0.05) is 17.7 Å². The van der Waals surface area contributed by atoms with Crippen LogP contribution in [0.5, 0.6) is 0 Å². The largest absolute Gasteiger partial charge is 0.452 e. The summed E-state index contributed by atoms with van der Waals surface area (Å²) in [4.78, 5) is 34.0. The molecule has 0 aliphatic rings. The van der Waals surface area contributed by atoms with Crippen molar-refractivity contribution < 1.29 is 27.7 Å². The van der Waals surface area contributed by atoms with E-state index in [1.165, 1.54) is 0 Å². The molecule has 0 saturated heterocycles. The van der Waals surface area contributed by atoms with Gasteiger partial charge in [0.05, 0.1) is 10.5 Å². The van der Waals surface area contributed by atoms with Gasteiger partial charge in [0.25, 0.3) is 11.6 Å². The van der Waals surface area contributed by atoms with Crippen LogP contribution < -0.4 is 5.32 Å². The van der Waals surface area contributed by atoms with Gasteiger partial charge in [-0.3, -0.25) is 14.9 Å². The number of sulfone groups is 1. The van der Waals surface area contributed by atoms with Crippen LogP contribution in [-0.2, 0) is 19.4 Å². The Morgan fingerprint density at radius 1 is 1.10 bits per heavy atom. The van der Waals surface area contributed by atoms with Crippen molar-refractivity contribution >= 4 is 33.1 Å². The van der Waals surface area contributed by atoms with Crippen LogP contribution in [0.1, 0.15) is 27.0 Å². The van der Waals surface area contributed by atoms with E-state index in [0.717, 1.165) is 41.1 Å². The van der Waals surface area contributed by atoms with Gasteiger partial charge in [0, 0.05) is 18.0 Å². The molecule has 0 saturated carbocycles. The number of nitrogens with zero attached hydrogens (tertiary/aromatic N) is 1. The molecule has 29 heavy (non-hydrogen) atoms. The quantitative estimate of drug-likeness (QED) is 0.431. The van der Waals surface area contributed by atoms with Gasteiger partial charge in [0.2, 0.25) is 0 Å². The van der Waals surface area contributed by atoms with Gasteiger partial charge in [-0.25, -0.2) is 13.2 Å². The number of anilines is 1. The topological polar surface area (TPSA) is 133 Å². The van der Waals surface area contributed by atoms with E-state index in [9.17, 15) is 28.1 Å². The minimum absolute atomic E-state index is 0.236. The maximum absolute atomic E-state index is 12.1. The van der Waals surface area contributed by atoms with E-state index in [4.69, 9.17) is 4.74 Å². The van der Waals surface area contributed by atoms with E-state index in [-0.39, 0.29) is 5.56 Å². The summed E-state index contributed by atoms with van der Waals surface area (Å²) in [5.41, 5.74) is 2.40. The molecule has 154 valence electrons. The molecule has 1 amide bonds. The van der Waals surface area contributed by atoms with Crippen LogP contribution in [-0.4, -0.2) is 38.1 Å². The molecule has 0 aliphatic heterocycles. The first-order chi connectivity index (χ1) is 13.4. The van der Waals surface area contributed by atoms with Crippen LogP contribution in [0.25, 0.3) is 0 Å². The van der Waals surface area contributed by atoms with Crippen LogP contribution in [0.15, 0.2) is 35.2 Å². The van der Waals surface area contributed by atoms with E-state index in [1.807, 2.05) is 32.9 Å². The van der Waals surface area contributed by atoms with Crippen molar-refractivity contribution in [3.63, 3.8) is 0 Å². The van der Waals surface area contributed by atoms with Gasteiger partial charge in [0.15, 0.2) is 16.4 Å². The van der Waals surface area contributed by atoms with Gasteiger partial charge in [0.1, 0.15) is 4.90 Å². The highest BCUT2D eigenvalue weighted by Gasteiger charge is 2.24. The zero-order chi connectivity index (χ0) is 21.9. The highest BCUT2D eigenvalue weighted by Crippen LogP contribution is 2.25. The molecule has 0 spiro atoms. The lowest BCUT2D eigenvalue weighted by Gasteiger charge is -2.13. The lowest BCUT2D eigenvalue weighted by molar-refractivity contribution is -0.387. The fraction of sp³-hybridized carbons (Fsp3) is 0.263. The molecule has 0 heterocycles. The summed E-state index contributed by atoms with van der Waals surface area (Å²) < 4.78 is 28.2. The number of rotatable bonds is 6. The molecule has 1 N–H and O–H groups in total. The molecular formula is C19H20N2O7S. The van der Waals surface area contributed by atoms with Crippen molar-refractivity contribution in [2.24, 2.45) is 0 Å². The molecule has 0 aromatic heterocycles. The molecule has 9 nitrogen and oxygen atoms in total. The number of carbonyl (C=O) groups excluding carboxylic acids is 2. The second-order valence-electron chi connectivity index (χ2n) is 6.61. The highest BCUT2D eigenvalue weighted by atomic mass is 32.2. The Labute approximate surface area is 167 Å². The molecule has 0 atom stereocenters. The van der Waals surface area contributed by atoms with Crippen molar-refractivity contribution in [1.82, 2.24) is 0 Å². The van der Waals surface area contributed by atoms with Crippen molar-refractivity contribution in [1.29, 1.82) is 0 Å². The van der Waals surface area contributed by atoms with Gasteiger partial charge in [-0.05, 0) is 44.0 Å². The first kappa shape index (κ1) is 22.0. The third-order valence-electron chi connectivity index (χ3n) is 4.07. The van der Waals surface area contributed by atoms with Crippen molar-refractivity contribution in [2.45, 2.75) is 25.7 Å². The van der Waals surface area contributed by atoms with Crippen LogP contribution in [0.3, 0.4) is 0 Å². The van der Waals surface area contributed by atoms with Crippen molar-refractivity contribution in [3.05, 3.63) is 62.7 Å². The molecule has 10 heteroatoms. The SMILES string of the molecule is Cc1cc(C)c(NC(=O)COC(=O)c2ccc(S(C)(=O)=O)c([N+](=O)[O-])c2)c(C)c1. The highest BCUT2D eigenvalue weighted by molar-refractivity contribution is 7.90. The van der Waals surface area contributed by atoms with Crippen LogP contribution in [0.2, 0.25) is 0 Å². The third-order valence-corrected chi connectivity index (χ3v) is 5.21. The summed E-state index contributed by atoms with van der Waals surface area (Å²) in [7, 11) is -3.85. The first-order valence-electron chi connectivity index (χ1n) is 8.43. The van der Waals surface area contributed by atoms with Crippen LogP contribution >= 0.6 is 0 Å². The Morgan fingerprint density at radius 3 is 2.21 bits per heavy atom. The second-order valence-corrected chi connectivity index (χ2v) is 8.59. The predicted molar refractivity (Wildman–Crippen MR) is 106 cm³/mol. The second kappa shape index (κ2) is 8.39. The smallest absolute Gasteiger partial charge is 0.338 e. The molecule has 0 radical (unpaired) electrons. The number of nitrogens with one attached hydrogen (secondary N) is 1. The maximum Gasteiger partial charge on any atom is 0.338 e. The first-order valence-corrected chi connectivity index (χ1v) is 10.3. The molecule has 2 rings (SSSR count). The molecule has 0 fully saturated rings. The Kier molecular flexibility index (Phi) is 6.38. The van der Waals surface area contributed by atoms with Gasteiger partial charge in [-0.2, -0.15) is 0 Å². The van der Waals surface area contributed by atoms with E-state index in [0.29, 0.717) is 5.69 Å². The molecule has 0 aliphatic carbocycles. The summed E-state index contributed by atoms with van der Waals surface area (Å²) in [6.45, 7) is 5.00. The fourth-order valence-electron chi connectivity index (χ4n) is 2.87. The van der Waals surface area contributed by atoms with E-state index in [2.05, 4.69) is 5.32 Å². The summed E-state index contributed by atoms with van der Waals surface area (Å²) in [5.74, 6) is -1.56. The van der Waals surface area contributed by atoms with E-state index < -0.39 is 43.8 Å². The number of hydrogen-bond acceptors (Lipinski definition) is 7. The number of aryl methyl sites for hydroxylation is 3. The van der Waals surface area contributed by atoms with Crippen molar-refractivity contribution in [3.8, 4) is 0 Å². The number of nitro groups is 1. The summed E-state index contributed by atoms with van der Waals surface area (Å²) in [6.07, 6.45) is 0.826. The lowest BCUT2D eigenvalue weighted by Crippen LogP contribution is -2.22. The molecule has 2 aromatic carbocycles. The molecule has 0 bridgehead atoms. The number of amides is 1. The minimum Gasteiger partial charge on any atom is -0.452 e. The number of hydrogen-bond donors (Lipinski definition) is 1. The monoisotopic (exact) mass is 420 g/mol. The van der Waals surface area contributed by atoms with Crippen molar-refractivity contribution in [2.75, 3.05) is 18.2 Å². The van der Waals surface area contributed by atoms with Crippen LogP contribution in [0.4, 0.5) is 11.4 Å².